The van der Waals surface area contributed by atoms with E-state index in [1.807, 2.05) is 18.2 Å². The Morgan fingerprint density at radius 1 is 1.24 bits per heavy atom. The van der Waals surface area contributed by atoms with Gasteiger partial charge in [-0.2, -0.15) is 5.26 Å². The summed E-state index contributed by atoms with van der Waals surface area (Å²) in [4.78, 5) is 0. The summed E-state index contributed by atoms with van der Waals surface area (Å²) < 4.78 is 16.9. The summed E-state index contributed by atoms with van der Waals surface area (Å²) in [5.74, 6) is 0. The summed E-state index contributed by atoms with van der Waals surface area (Å²) in [6.07, 6.45) is 4.73. The maximum absolute atomic E-state index is 9.15. The largest absolute Gasteiger partial charge is 0.382 e. The minimum absolute atomic E-state index is 0.0418. The van der Waals surface area contributed by atoms with Gasteiger partial charge >= 0.3 is 0 Å². The zero-order valence-electron chi connectivity index (χ0n) is 15.3. The molecular weight excluding hydrogens is 316 g/mol. The summed E-state index contributed by atoms with van der Waals surface area (Å²) in [5.41, 5.74) is 3.02. The predicted molar refractivity (Wildman–Crippen MR) is 96.4 cm³/mol. The fraction of sp³-hybridized carbons (Fsp3) is 0.650. The van der Waals surface area contributed by atoms with Gasteiger partial charge in [-0.05, 0) is 49.3 Å². The van der Waals surface area contributed by atoms with E-state index in [4.69, 9.17) is 19.5 Å². The van der Waals surface area contributed by atoms with Crippen LogP contribution in [-0.2, 0) is 20.8 Å². The molecule has 25 heavy (non-hydrogen) atoms. The lowest BCUT2D eigenvalue weighted by molar-refractivity contribution is -0.169. The molecule has 3 aliphatic rings. The molecular formula is C20H28N2O3. The molecule has 0 unspecified atom stereocenters. The van der Waals surface area contributed by atoms with Crippen molar-refractivity contribution in [3.63, 3.8) is 0 Å². The van der Waals surface area contributed by atoms with Crippen LogP contribution in [-0.4, -0.2) is 39.1 Å². The molecule has 1 N–H and O–H groups in total. The van der Waals surface area contributed by atoms with Crippen molar-refractivity contribution in [3.8, 4) is 6.07 Å². The Hall–Kier alpha value is -1.61. The molecule has 0 amide bonds. The Morgan fingerprint density at radius 3 is 2.68 bits per heavy atom. The van der Waals surface area contributed by atoms with Crippen molar-refractivity contribution in [2.24, 2.45) is 5.41 Å². The molecule has 1 aromatic carbocycles. The average molecular weight is 344 g/mol. The van der Waals surface area contributed by atoms with E-state index in [-0.39, 0.29) is 5.60 Å². The minimum Gasteiger partial charge on any atom is -0.382 e. The maximum Gasteiger partial charge on any atom is 0.0991 e. The first-order valence-corrected chi connectivity index (χ1v) is 9.06. The summed E-state index contributed by atoms with van der Waals surface area (Å²) in [7, 11) is 1.66. The zero-order chi connectivity index (χ0) is 17.8. The summed E-state index contributed by atoms with van der Waals surface area (Å²) in [6, 6.07) is 7.91. The Morgan fingerprint density at radius 2 is 2.04 bits per heavy atom. The van der Waals surface area contributed by atoms with Crippen LogP contribution in [0.4, 0.5) is 5.69 Å². The number of fused-ring (bicyclic) bond motifs is 3. The average Bonchev–Trinajstić information content (AvgIpc) is 2.65. The van der Waals surface area contributed by atoms with Crippen LogP contribution in [0, 0.1) is 16.7 Å². The van der Waals surface area contributed by atoms with E-state index in [2.05, 4.69) is 18.3 Å². The smallest absolute Gasteiger partial charge is 0.0991 e. The number of anilines is 1. The Kier molecular flexibility index (Phi) is 5.63. The van der Waals surface area contributed by atoms with Crippen LogP contribution in [0.2, 0.25) is 0 Å². The Labute approximate surface area is 150 Å². The van der Waals surface area contributed by atoms with Gasteiger partial charge in [-0.3, -0.25) is 0 Å². The second kappa shape index (κ2) is 7.74. The van der Waals surface area contributed by atoms with Crippen molar-refractivity contribution in [2.75, 3.05) is 38.8 Å². The molecule has 0 aromatic heterocycles. The lowest BCUT2D eigenvalue weighted by atomic mass is 9.67. The van der Waals surface area contributed by atoms with E-state index in [0.717, 1.165) is 37.2 Å². The van der Waals surface area contributed by atoms with E-state index in [1.54, 1.807) is 7.11 Å². The highest BCUT2D eigenvalue weighted by molar-refractivity contribution is 5.54. The molecule has 4 rings (SSSR count). The number of hydrogen-bond acceptors (Lipinski definition) is 5. The van der Waals surface area contributed by atoms with Crippen LogP contribution >= 0.6 is 0 Å². The van der Waals surface area contributed by atoms with Gasteiger partial charge in [0, 0.05) is 24.9 Å². The highest BCUT2D eigenvalue weighted by atomic mass is 16.5. The third kappa shape index (κ3) is 4.33. The first kappa shape index (κ1) is 18.2. The molecule has 5 heteroatoms. The van der Waals surface area contributed by atoms with Crippen molar-refractivity contribution in [1.82, 2.24) is 0 Å². The van der Waals surface area contributed by atoms with Gasteiger partial charge in [-0.15, -0.1) is 0 Å². The molecule has 3 fully saturated rings. The van der Waals surface area contributed by atoms with Gasteiger partial charge in [0.15, 0.2) is 0 Å². The monoisotopic (exact) mass is 344 g/mol. The highest BCUT2D eigenvalue weighted by Crippen LogP contribution is 2.48. The molecule has 2 heterocycles. The molecule has 2 bridgehead atoms. The number of methoxy groups -OCH3 is 1. The van der Waals surface area contributed by atoms with Crippen LogP contribution in [0.25, 0.3) is 0 Å². The van der Waals surface area contributed by atoms with Crippen molar-refractivity contribution in [2.45, 2.75) is 44.8 Å². The van der Waals surface area contributed by atoms with Crippen LogP contribution in [0.1, 0.15) is 43.7 Å². The lowest BCUT2D eigenvalue weighted by Gasteiger charge is -2.52. The number of ether oxygens (including phenoxy) is 3. The third-order valence-corrected chi connectivity index (χ3v) is 5.62. The fourth-order valence-corrected chi connectivity index (χ4v) is 3.69. The lowest BCUT2D eigenvalue weighted by Crippen LogP contribution is -2.53. The first-order chi connectivity index (χ1) is 12.1. The number of nitriles is 1. The van der Waals surface area contributed by atoms with Crippen LogP contribution in [0.5, 0.6) is 0 Å². The molecule has 2 aliphatic heterocycles. The molecule has 1 aromatic rings. The van der Waals surface area contributed by atoms with Crippen LogP contribution in [0.3, 0.4) is 0 Å². The molecule has 0 spiro atoms. The van der Waals surface area contributed by atoms with Gasteiger partial charge in [0.2, 0.25) is 0 Å². The molecule has 0 radical (unpaired) electrons. The molecule has 5 nitrogen and oxygen atoms in total. The second-order valence-corrected chi connectivity index (χ2v) is 7.67. The normalized spacial score (nSPS) is 27.9. The SMILES string of the molecule is COCCOCc1cc(C#N)ccc1NCC12CCC(C)(CC1)CO2. The van der Waals surface area contributed by atoms with Crippen LogP contribution < -0.4 is 5.32 Å². The topological polar surface area (TPSA) is 63.5 Å². The van der Waals surface area contributed by atoms with Crippen molar-refractivity contribution >= 4 is 5.69 Å². The van der Waals surface area contributed by atoms with E-state index in [1.165, 1.54) is 12.8 Å². The van der Waals surface area contributed by atoms with E-state index in [9.17, 15) is 0 Å². The predicted octanol–water partition coefficient (Wildman–Crippen LogP) is 3.48. The summed E-state index contributed by atoms with van der Waals surface area (Å²) in [6.45, 7) is 5.58. The number of nitrogens with zero attached hydrogens (tertiary/aromatic N) is 1. The van der Waals surface area contributed by atoms with Gasteiger partial charge in [0.05, 0.1) is 43.7 Å². The molecule has 0 atom stereocenters. The molecule has 136 valence electrons. The Balaban J connectivity index is 1.64. The summed E-state index contributed by atoms with van der Waals surface area (Å²) >= 11 is 0. The number of rotatable bonds is 8. The van der Waals surface area contributed by atoms with Gasteiger partial charge in [-0.25, -0.2) is 0 Å². The van der Waals surface area contributed by atoms with Gasteiger partial charge in [0.25, 0.3) is 0 Å². The summed E-state index contributed by atoms with van der Waals surface area (Å²) in [5, 5.41) is 12.7. The first-order valence-electron chi connectivity index (χ1n) is 9.06. The van der Waals surface area contributed by atoms with Crippen molar-refractivity contribution in [1.29, 1.82) is 5.26 Å². The molecule has 1 aliphatic carbocycles. The number of nitrogens with one attached hydrogen (secondary N) is 1. The van der Waals surface area contributed by atoms with Gasteiger partial charge < -0.3 is 19.5 Å². The van der Waals surface area contributed by atoms with Crippen molar-refractivity contribution < 1.29 is 14.2 Å². The standard InChI is InChI=1S/C20H28N2O3/c1-19-5-7-20(8-6-19,25-15-19)14-22-18-4-3-16(12-21)11-17(18)13-24-10-9-23-2/h3-4,11,22H,5-10,13-15H2,1-2H3. The van der Waals surface area contributed by atoms with Gasteiger partial charge in [-0.1, -0.05) is 6.92 Å². The van der Waals surface area contributed by atoms with E-state index < -0.39 is 0 Å². The third-order valence-electron chi connectivity index (χ3n) is 5.62. The maximum atomic E-state index is 9.15. The van der Waals surface area contributed by atoms with Crippen molar-refractivity contribution in [3.05, 3.63) is 29.3 Å². The molecule has 1 saturated carbocycles. The molecule has 2 saturated heterocycles. The second-order valence-electron chi connectivity index (χ2n) is 7.67. The van der Waals surface area contributed by atoms with Gasteiger partial charge in [0.1, 0.15) is 0 Å². The number of hydrogen-bond donors (Lipinski definition) is 1. The van der Waals surface area contributed by atoms with E-state index in [0.29, 0.717) is 30.8 Å². The zero-order valence-corrected chi connectivity index (χ0v) is 15.3. The van der Waals surface area contributed by atoms with Crippen LogP contribution in [0.15, 0.2) is 18.2 Å². The minimum atomic E-state index is -0.0418. The highest BCUT2D eigenvalue weighted by Gasteiger charge is 2.47. The van der Waals surface area contributed by atoms with E-state index >= 15 is 0 Å². The quantitative estimate of drug-likeness (QED) is 0.732. The Bertz CT molecular complexity index is 614. The fourth-order valence-electron chi connectivity index (χ4n) is 3.69. The number of benzene rings is 1.